The van der Waals surface area contributed by atoms with Gasteiger partial charge in [0.15, 0.2) is 0 Å². The number of benzene rings is 1. The number of carbonyl (C=O) groups excluding carboxylic acids is 1. The third kappa shape index (κ3) is 3.36. The number of nitrogens with two attached hydrogens (primary N) is 1. The van der Waals surface area contributed by atoms with Gasteiger partial charge in [-0.15, -0.1) is 0 Å². The second kappa shape index (κ2) is 5.87. The van der Waals surface area contributed by atoms with Crippen LogP contribution in [0.4, 0.5) is 0 Å². The first-order chi connectivity index (χ1) is 7.65. The molecule has 0 bridgehead atoms. The Morgan fingerprint density at radius 3 is 2.62 bits per heavy atom. The van der Waals surface area contributed by atoms with Gasteiger partial charge in [0, 0.05) is 6.42 Å². The van der Waals surface area contributed by atoms with Gasteiger partial charge in [0.25, 0.3) is 0 Å². The summed E-state index contributed by atoms with van der Waals surface area (Å²) in [6.45, 7) is 0.398. The lowest BCUT2D eigenvalue weighted by Crippen LogP contribution is -2.12. The molecule has 5 heteroatoms. The second-order valence-corrected chi connectivity index (χ2v) is 3.17. The molecule has 0 spiro atoms. The fraction of sp³-hybridized carbons (Fsp3) is 0.273. The van der Waals surface area contributed by atoms with E-state index < -0.39 is 11.9 Å². The molecular weight excluding hydrogens is 210 g/mol. The smallest absolute Gasteiger partial charge is 0.339 e. The molecule has 1 rings (SSSR count). The summed E-state index contributed by atoms with van der Waals surface area (Å²) in [7, 11) is 0. The fourth-order valence-corrected chi connectivity index (χ4v) is 1.15. The molecule has 0 atom stereocenters. The molecule has 86 valence electrons. The molecular formula is C11H13NO4. The lowest BCUT2D eigenvalue weighted by Gasteiger charge is -2.06. The van der Waals surface area contributed by atoms with Crippen LogP contribution in [-0.4, -0.2) is 23.6 Å². The Morgan fingerprint density at radius 1 is 1.31 bits per heavy atom. The Morgan fingerprint density at radius 2 is 2.00 bits per heavy atom. The molecule has 1 aromatic rings. The highest BCUT2D eigenvalue weighted by atomic mass is 16.5. The summed E-state index contributed by atoms with van der Waals surface area (Å²) < 4.78 is 4.93. The first-order valence-corrected chi connectivity index (χ1v) is 4.88. The number of hydrogen-bond donors (Lipinski definition) is 2. The minimum Gasteiger partial charge on any atom is -0.478 e. The Bertz CT molecular complexity index is 389. The number of carboxylic acids is 1. The molecule has 0 aromatic heterocycles. The van der Waals surface area contributed by atoms with E-state index in [4.69, 9.17) is 15.6 Å². The van der Waals surface area contributed by atoms with E-state index in [1.165, 1.54) is 12.1 Å². The van der Waals surface area contributed by atoms with Crippen LogP contribution in [0.2, 0.25) is 0 Å². The maximum atomic E-state index is 11.3. The number of carbonyl (C=O) groups is 2. The van der Waals surface area contributed by atoms with E-state index in [1.54, 1.807) is 12.1 Å². The molecule has 1 aromatic carbocycles. The Kier molecular flexibility index (Phi) is 4.47. The Balaban J connectivity index is 2.73. The predicted octanol–water partition coefficient (Wildman–Crippen LogP) is 1.03. The third-order valence-electron chi connectivity index (χ3n) is 1.93. The number of para-hydroxylation sites is 1. The van der Waals surface area contributed by atoms with Crippen LogP contribution in [0.15, 0.2) is 24.3 Å². The van der Waals surface area contributed by atoms with Gasteiger partial charge in [-0.05, 0) is 25.1 Å². The average molecular weight is 223 g/mol. The Labute approximate surface area is 92.8 Å². The van der Waals surface area contributed by atoms with Gasteiger partial charge >= 0.3 is 11.9 Å². The van der Waals surface area contributed by atoms with E-state index >= 15 is 0 Å². The van der Waals surface area contributed by atoms with Crippen LogP contribution in [0.1, 0.15) is 23.2 Å². The molecule has 0 aliphatic rings. The quantitative estimate of drug-likeness (QED) is 0.574. The summed E-state index contributed by atoms with van der Waals surface area (Å²) >= 11 is 0. The lowest BCUT2D eigenvalue weighted by atomic mass is 10.2. The molecule has 0 aliphatic carbocycles. The van der Waals surface area contributed by atoms with Gasteiger partial charge in [0.2, 0.25) is 0 Å². The highest BCUT2D eigenvalue weighted by Gasteiger charge is 2.13. The van der Waals surface area contributed by atoms with Crippen molar-refractivity contribution >= 4 is 11.9 Å². The predicted molar refractivity (Wildman–Crippen MR) is 57.3 cm³/mol. The van der Waals surface area contributed by atoms with E-state index in [0.29, 0.717) is 13.0 Å². The van der Waals surface area contributed by atoms with Crippen molar-refractivity contribution in [3.8, 4) is 5.75 Å². The van der Waals surface area contributed by atoms with Crippen LogP contribution >= 0.6 is 0 Å². The van der Waals surface area contributed by atoms with Gasteiger partial charge < -0.3 is 15.6 Å². The zero-order valence-corrected chi connectivity index (χ0v) is 8.68. The molecule has 3 N–H and O–H groups in total. The van der Waals surface area contributed by atoms with Crippen LogP contribution in [-0.2, 0) is 4.79 Å². The van der Waals surface area contributed by atoms with E-state index in [9.17, 15) is 9.59 Å². The van der Waals surface area contributed by atoms with Crippen molar-refractivity contribution in [3.63, 3.8) is 0 Å². The zero-order valence-electron chi connectivity index (χ0n) is 8.68. The van der Waals surface area contributed by atoms with Crippen molar-refractivity contribution in [3.05, 3.63) is 29.8 Å². The standard InChI is InChI=1S/C11H13NO4/c12-7-3-6-10(13)16-9-5-2-1-4-8(9)11(14)15/h1-2,4-5H,3,6-7,12H2,(H,14,15). The fourth-order valence-electron chi connectivity index (χ4n) is 1.15. The van der Waals surface area contributed by atoms with Gasteiger partial charge in [-0.3, -0.25) is 4.79 Å². The van der Waals surface area contributed by atoms with E-state index in [0.717, 1.165) is 0 Å². The largest absolute Gasteiger partial charge is 0.478 e. The molecule has 0 unspecified atom stereocenters. The van der Waals surface area contributed by atoms with Crippen LogP contribution < -0.4 is 10.5 Å². The zero-order chi connectivity index (χ0) is 12.0. The number of ether oxygens (including phenoxy) is 1. The van der Waals surface area contributed by atoms with Gasteiger partial charge in [0.1, 0.15) is 11.3 Å². The van der Waals surface area contributed by atoms with Crippen LogP contribution in [0.3, 0.4) is 0 Å². The minimum atomic E-state index is -1.12. The summed E-state index contributed by atoms with van der Waals surface area (Å²) in [4.78, 5) is 22.1. The summed E-state index contributed by atoms with van der Waals surface area (Å²) in [5.74, 6) is -1.53. The SMILES string of the molecule is NCCCC(=O)Oc1ccccc1C(=O)O. The van der Waals surface area contributed by atoms with Crippen molar-refractivity contribution in [2.24, 2.45) is 5.73 Å². The highest BCUT2D eigenvalue weighted by Crippen LogP contribution is 2.18. The molecule has 5 nitrogen and oxygen atoms in total. The third-order valence-corrected chi connectivity index (χ3v) is 1.93. The second-order valence-electron chi connectivity index (χ2n) is 3.17. The van der Waals surface area contributed by atoms with Crippen LogP contribution in [0.5, 0.6) is 5.75 Å². The number of hydrogen-bond acceptors (Lipinski definition) is 4. The van der Waals surface area contributed by atoms with E-state index in [2.05, 4.69) is 0 Å². The van der Waals surface area contributed by atoms with Crippen molar-refractivity contribution in [2.45, 2.75) is 12.8 Å². The molecule has 16 heavy (non-hydrogen) atoms. The number of esters is 1. The van der Waals surface area contributed by atoms with Crippen molar-refractivity contribution in [1.29, 1.82) is 0 Å². The topological polar surface area (TPSA) is 89.6 Å². The number of aromatic carboxylic acids is 1. The number of rotatable bonds is 5. The van der Waals surface area contributed by atoms with Gasteiger partial charge in [-0.2, -0.15) is 0 Å². The van der Waals surface area contributed by atoms with Crippen LogP contribution in [0.25, 0.3) is 0 Å². The Hall–Kier alpha value is -1.88. The molecule has 0 saturated heterocycles. The lowest BCUT2D eigenvalue weighted by molar-refractivity contribution is -0.134. The highest BCUT2D eigenvalue weighted by molar-refractivity contribution is 5.91. The minimum absolute atomic E-state index is 0.0244. The van der Waals surface area contributed by atoms with E-state index in [-0.39, 0.29) is 17.7 Å². The van der Waals surface area contributed by atoms with Crippen molar-refractivity contribution < 1.29 is 19.4 Å². The molecule has 0 radical (unpaired) electrons. The first-order valence-electron chi connectivity index (χ1n) is 4.88. The van der Waals surface area contributed by atoms with Crippen LogP contribution in [0, 0.1) is 0 Å². The summed E-state index contributed by atoms with van der Waals surface area (Å²) in [5.41, 5.74) is 5.22. The monoisotopic (exact) mass is 223 g/mol. The first kappa shape index (κ1) is 12.2. The summed E-state index contributed by atoms with van der Waals surface area (Å²) in [6.07, 6.45) is 0.707. The molecule has 0 fully saturated rings. The van der Waals surface area contributed by atoms with Crippen molar-refractivity contribution in [1.82, 2.24) is 0 Å². The molecule has 0 amide bonds. The van der Waals surface area contributed by atoms with E-state index in [1.807, 2.05) is 0 Å². The van der Waals surface area contributed by atoms with Crippen molar-refractivity contribution in [2.75, 3.05) is 6.54 Å². The maximum absolute atomic E-state index is 11.3. The normalized spacial score (nSPS) is 9.81. The summed E-state index contributed by atoms with van der Waals surface area (Å²) in [6, 6.07) is 6.01. The molecule has 0 heterocycles. The van der Waals surface area contributed by atoms with Gasteiger partial charge in [-0.1, -0.05) is 12.1 Å². The number of carboxylic acid groups (broad SMARTS) is 1. The molecule has 0 aliphatic heterocycles. The average Bonchev–Trinajstić information content (AvgIpc) is 2.27. The van der Waals surface area contributed by atoms with Gasteiger partial charge in [-0.25, -0.2) is 4.79 Å². The maximum Gasteiger partial charge on any atom is 0.339 e. The summed E-state index contributed by atoms with van der Waals surface area (Å²) in [5, 5.41) is 8.84. The molecule has 0 saturated carbocycles. The van der Waals surface area contributed by atoms with Gasteiger partial charge in [0.05, 0.1) is 0 Å².